The van der Waals surface area contributed by atoms with Crippen LogP contribution in [0.2, 0.25) is 0 Å². The van der Waals surface area contributed by atoms with Crippen LogP contribution in [0.4, 0.5) is 0 Å². The highest BCUT2D eigenvalue weighted by Gasteiger charge is 2.08. The number of nitrogens with two attached hydrogens (primary N) is 1. The van der Waals surface area contributed by atoms with Gasteiger partial charge in [0.05, 0.1) is 29.0 Å². The van der Waals surface area contributed by atoms with Gasteiger partial charge in [0, 0.05) is 64.1 Å². The Morgan fingerprint density at radius 1 is 0.590 bits per heavy atom. The number of hydrogen-bond acceptors (Lipinski definition) is 7. The molecule has 0 bridgehead atoms. The molecule has 0 aliphatic carbocycles. The van der Waals surface area contributed by atoms with Crippen LogP contribution in [0.1, 0.15) is 60.4 Å². The third-order valence-electron chi connectivity index (χ3n) is 10.6. The summed E-state index contributed by atoms with van der Waals surface area (Å²) in [6, 6.07) is 40.9. The van der Waals surface area contributed by atoms with Crippen molar-refractivity contribution in [1.29, 1.82) is 0 Å². The molecule has 0 unspecified atom stereocenters. The fourth-order valence-corrected chi connectivity index (χ4v) is 7.27. The van der Waals surface area contributed by atoms with Gasteiger partial charge in [-0.3, -0.25) is 9.79 Å². The van der Waals surface area contributed by atoms with Crippen molar-refractivity contribution in [2.24, 2.45) is 10.7 Å². The number of aryl methyl sites for hydroxylation is 6. The number of benzene rings is 6. The van der Waals surface area contributed by atoms with E-state index in [0.29, 0.717) is 18.7 Å². The second-order valence-electron chi connectivity index (χ2n) is 15.4. The summed E-state index contributed by atoms with van der Waals surface area (Å²) in [6.07, 6.45) is 8.39. The van der Waals surface area contributed by atoms with Gasteiger partial charge < -0.3 is 5.73 Å². The third-order valence-corrected chi connectivity index (χ3v) is 11.2. The highest BCUT2D eigenvalue weighted by molar-refractivity contribution is 7.80. The van der Waals surface area contributed by atoms with Crippen LogP contribution in [-0.2, 0) is 12.8 Å². The summed E-state index contributed by atoms with van der Waals surface area (Å²) in [5, 5.41) is 11.3. The summed E-state index contributed by atoms with van der Waals surface area (Å²) in [4.78, 5) is 17.2. The first-order chi connectivity index (χ1) is 29.4. The highest BCUT2D eigenvalue weighted by Crippen LogP contribution is 2.20. The minimum atomic E-state index is 0.503. The Morgan fingerprint density at radius 3 is 1.46 bits per heavy atom. The number of aliphatic imine (C=N–C) groups is 1. The van der Waals surface area contributed by atoms with Crippen LogP contribution in [0, 0.1) is 41.5 Å². The Labute approximate surface area is 370 Å². The smallest absolute Gasteiger partial charge is 0.150 e. The van der Waals surface area contributed by atoms with Crippen molar-refractivity contribution >= 4 is 68.5 Å². The molecule has 2 heterocycles. The molecule has 308 valence electrons. The van der Waals surface area contributed by atoms with Crippen LogP contribution in [0.3, 0.4) is 0 Å². The number of thiocarbonyl (C=S) groups is 2. The fraction of sp³-hybridized carbons (Fsp3) is 0.192. The summed E-state index contributed by atoms with van der Waals surface area (Å²) in [5.41, 5.74) is 21.3. The van der Waals surface area contributed by atoms with Crippen LogP contribution >= 0.6 is 24.4 Å². The lowest BCUT2D eigenvalue weighted by molar-refractivity contribution is 0.112. The fourth-order valence-electron chi connectivity index (χ4n) is 6.91. The Bertz CT molecular complexity index is 2790. The monoisotopic (exact) mass is 840 g/mol. The van der Waals surface area contributed by atoms with Crippen molar-refractivity contribution in [1.82, 2.24) is 19.6 Å². The predicted molar refractivity (Wildman–Crippen MR) is 263 cm³/mol. The molecule has 8 aromatic rings. The van der Waals surface area contributed by atoms with Crippen molar-refractivity contribution in [3.8, 4) is 11.4 Å². The lowest BCUT2D eigenvalue weighted by Crippen LogP contribution is -2.14. The SMILES string of the molecule is Cc1ccc(-n2cc3ccc(C=NCC(=S)Cc4c(C)cccc4C)cc3n2)cc1.Cc1ccc(-n2cc3ccc(C=O)cc3n2)cc1.Cc1cccc(C)c1CC(=S)CN. The second-order valence-corrected chi connectivity index (χ2v) is 16.6. The molecule has 0 aliphatic heterocycles. The maximum absolute atomic E-state index is 10.7. The van der Waals surface area contributed by atoms with Crippen LogP contribution in [-0.4, -0.2) is 54.9 Å². The average Bonchev–Trinajstić information content (AvgIpc) is 3.89. The van der Waals surface area contributed by atoms with Crippen molar-refractivity contribution in [3.63, 3.8) is 0 Å². The molecule has 6 aromatic carbocycles. The predicted octanol–water partition coefficient (Wildman–Crippen LogP) is 11.3. The standard InChI is InChI=1S/C26H25N3S.C15H12N2O.C11H15NS/c1-18-7-11-23(12-8-18)29-17-22-10-9-21(13-26(22)28-29)15-27-16-24(30)14-25-19(2)5-4-6-20(25)3;1-11-2-6-14(7-3-11)17-9-13-5-4-12(10-18)8-15(13)16-17;1-8-4-3-5-9(2)11(8)6-10(13)7-12/h4-13,15,17H,14,16H2,1-3H3;2-10H,1H3;3-5H,6-7,12H2,1-2H3. The van der Waals surface area contributed by atoms with E-state index in [-0.39, 0.29) is 0 Å². The summed E-state index contributed by atoms with van der Waals surface area (Å²) in [7, 11) is 0. The Hall–Kier alpha value is -6.26. The molecule has 0 saturated carbocycles. The van der Waals surface area contributed by atoms with Gasteiger partial charge in [0.15, 0.2) is 0 Å². The molecule has 0 atom stereocenters. The van der Waals surface area contributed by atoms with E-state index in [1.54, 1.807) is 12.1 Å². The average molecular weight is 841 g/mol. The second kappa shape index (κ2) is 20.8. The number of carbonyl (C=O) groups excluding carboxylic acids is 1. The molecule has 0 aliphatic rings. The number of hydrogen-bond donors (Lipinski definition) is 1. The van der Waals surface area contributed by atoms with E-state index in [9.17, 15) is 4.79 Å². The van der Waals surface area contributed by atoms with E-state index < -0.39 is 0 Å². The maximum atomic E-state index is 10.7. The van der Waals surface area contributed by atoms with Gasteiger partial charge in [-0.15, -0.1) is 0 Å². The molecule has 0 saturated heterocycles. The molecule has 2 aromatic heterocycles. The molecule has 7 nitrogen and oxygen atoms in total. The van der Waals surface area contributed by atoms with Crippen molar-refractivity contribution in [2.45, 2.75) is 54.4 Å². The number of carbonyl (C=O) groups is 1. The first-order valence-corrected chi connectivity index (χ1v) is 21.1. The maximum Gasteiger partial charge on any atom is 0.150 e. The lowest BCUT2D eigenvalue weighted by Gasteiger charge is -2.09. The van der Waals surface area contributed by atoms with Gasteiger partial charge in [-0.2, -0.15) is 10.2 Å². The summed E-state index contributed by atoms with van der Waals surface area (Å²) >= 11 is 10.7. The molecule has 9 heteroatoms. The van der Waals surface area contributed by atoms with Crippen LogP contribution < -0.4 is 5.73 Å². The molecular formula is C52H52N6OS2. The summed E-state index contributed by atoms with van der Waals surface area (Å²) in [5.74, 6) is 0. The first-order valence-electron chi connectivity index (χ1n) is 20.3. The minimum Gasteiger partial charge on any atom is -0.326 e. The lowest BCUT2D eigenvalue weighted by atomic mass is 9.99. The summed E-state index contributed by atoms with van der Waals surface area (Å²) < 4.78 is 3.75. The number of fused-ring (bicyclic) bond motifs is 2. The largest absolute Gasteiger partial charge is 0.326 e. The topological polar surface area (TPSA) is 91.1 Å². The molecule has 0 amide bonds. The molecular weight excluding hydrogens is 789 g/mol. The van der Waals surface area contributed by atoms with Crippen LogP contribution in [0.25, 0.3) is 33.2 Å². The van der Waals surface area contributed by atoms with Gasteiger partial charge in [-0.1, -0.05) is 120 Å². The zero-order valence-electron chi connectivity index (χ0n) is 35.7. The normalized spacial score (nSPS) is 10.9. The van der Waals surface area contributed by atoms with E-state index in [4.69, 9.17) is 35.3 Å². The molecule has 61 heavy (non-hydrogen) atoms. The van der Waals surface area contributed by atoms with Crippen molar-refractivity contribution in [3.05, 3.63) is 189 Å². The molecule has 0 fully saturated rings. The van der Waals surface area contributed by atoms with E-state index in [0.717, 1.165) is 67.6 Å². The Balaban J connectivity index is 0.000000170. The number of aldehydes is 1. The number of nitrogens with zero attached hydrogens (tertiary/aromatic N) is 5. The number of aromatic nitrogens is 4. The van der Waals surface area contributed by atoms with E-state index in [1.807, 2.05) is 40.0 Å². The third kappa shape index (κ3) is 11.9. The molecule has 8 rings (SSSR count). The van der Waals surface area contributed by atoms with E-state index >= 15 is 0 Å². The van der Waals surface area contributed by atoms with Crippen molar-refractivity contribution < 1.29 is 4.79 Å². The van der Waals surface area contributed by atoms with Gasteiger partial charge >= 0.3 is 0 Å². The van der Waals surface area contributed by atoms with Gasteiger partial charge in [0.25, 0.3) is 0 Å². The minimum absolute atomic E-state index is 0.503. The highest BCUT2D eigenvalue weighted by atomic mass is 32.1. The quantitative estimate of drug-likeness (QED) is 0.0792. The van der Waals surface area contributed by atoms with Gasteiger partial charge in [0.1, 0.15) is 6.29 Å². The molecule has 0 radical (unpaired) electrons. The zero-order valence-corrected chi connectivity index (χ0v) is 37.4. The molecule has 2 N–H and O–H groups in total. The number of rotatable bonds is 11. The van der Waals surface area contributed by atoms with Gasteiger partial charge in [-0.05, 0) is 117 Å². The van der Waals surface area contributed by atoms with Crippen LogP contribution in [0.5, 0.6) is 0 Å². The van der Waals surface area contributed by atoms with Gasteiger partial charge in [-0.25, -0.2) is 9.36 Å². The summed E-state index contributed by atoms with van der Waals surface area (Å²) in [6.45, 7) is 13.7. The Kier molecular flexibility index (Phi) is 15.1. The van der Waals surface area contributed by atoms with Crippen molar-refractivity contribution in [2.75, 3.05) is 13.1 Å². The Morgan fingerprint density at radius 2 is 1.02 bits per heavy atom. The van der Waals surface area contributed by atoms with E-state index in [2.05, 4.69) is 149 Å². The molecule has 0 spiro atoms. The van der Waals surface area contributed by atoms with Gasteiger partial charge in [0.2, 0.25) is 0 Å². The van der Waals surface area contributed by atoms with E-state index in [1.165, 1.54) is 44.5 Å². The zero-order chi connectivity index (χ0) is 43.5. The van der Waals surface area contributed by atoms with Crippen LogP contribution in [0.15, 0.2) is 139 Å². The first kappa shape index (κ1) is 44.3.